The molecule has 0 bridgehead atoms. The van der Waals surface area contributed by atoms with Gasteiger partial charge in [0, 0.05) is 46.3 Å². The molecule has 174 valence electrons. The minimum absolute atomic E-state index is 0.0327. The number of anilines is 2. The van der Waals surface area contributed by atoms with E-state index in [9.17, 15) is 15.1 Å². The summed E-state index contributed by atoms with van der Waals surface area (Å²) in [5.74, 6) is 2.39. The van der Waals surface area contributed by atoms with E-state index in [1.807, 2.05) is 13.8 Å². The molecule has 0 saturated heterocycles. The number of nitrogens with two attached hydrogens (primary N) is 1. The summed E-state index contributed by atoms with van der Waals surface area (Å²) < 4.78 is 6.28. The second-order valence-electron chi connectivity index (χ2n) is 8.62. The third kappa shape index (κ3) is 5.44. The summed E-state index contributed by atoms with van der Waals surface area (Å²) in [4.78, 5) is 17.5. The Bertz CT molecular complexity index is 1100. The first kappa shape index (κ1) is 24.1. The molecule has 1 aromatic heterocycles. The molecule has 1 amide bonds. The van der Waals surface area contributed by atoms with Crippen LogP contribution >= 0.6 is 0 Å². The first-order valence-electron chi connectivity index (χ1n) is 10.9. The lowest BCUT2D eigenvalue weighted by Crippen LogP contribution is -2.43. The fourth-order valence-corrected chi connectivity index (χ4v) is 3.86. The number of aliphatic imine (C=N–C) groups is 1. The SMILES string of the molecule is C#CC1(O)CCC(N=Cc2cc(NC(=O)c3cccc(C(C)C)[n+]3O)c(OC)cc2N)CC1. The van der Waals surface area contributed by atoms with Crippen LogP contribution in [-0.2, 0) is 0 Å². The van der Waals surface area contributed by atoms with Gasteiger partial charge in [0.25, 0.3) is 0 Å². The minimum atomic E-state index is -1.04. The zero-order valence-electron chi connectivity index (χ0n) is 19.2. The number of pyridine rings is 1. The number of rotatable bonds is 6. The van der Waals surface area contributed by atoms with Crippen LogP contribution < -0.4 is 20.5 Å². The fraction of sp³-hybridized carbons (Fsp3) is 0.400. The number of carbonyl (C=O) groups excluding carboxylic acids is 1. The highest BCUT2D eigenvalue weighted by Gasteiger charge is 2.31. The van der Waals surface area contributed by atoms with Crippen LogP contribution in [0.15, 0.2) is 35.3 Å². The number of methoxy groups -OCH3 is 1. The summed E-state index contributed by atoms with van der Waals surface area (Å²) >= 11 is 0. The number of hydrogen-bond acceptors (Lipinski definition) is 6. The van der Waals surface area contributed by atoms with Gasteiger partial charge in [0.15, 0.2) is 0 Å². The van der Waals surface area contributed by atoms with Crippen LogP contribution in [0, 0.1) is 12.3 Å². The van der Waals surface area contributed by atoms with Crippen LogP contribution in [0.5, 0.6) is 5.75 Å². The Kier molecular flexibility index (Phi) is 7.24. The standard InChI is InChI=1S/C25H30N4O4/c1-5-25(31)11-9-18(10-12-25)27-15-17-13-20(23(33-4)14-19(17)26)28-24(30)22-8-6-7-21(16(2)3)29(22)32/h1,6-8,13-16,18,26,30-32H,9-12H2,2-4H3/p+1. The number of nitrogen functional groups attached to an aromatic ring is 1. The third-order valence-electron chi connectivity index (χ3n) is 5.95. The first-order valence-corrected chi connectivity index (χ1v) is 10.9. The summed E-state index contributed by atoms with van der Waals surface area (Å²) in [5.41, 5.74) is 7.31. The molecule has 3 rings (SSSR count). The topological polar surface area (TPSA) is 121 Å². The number of carbonyl (C=O) groups is 1. The van der Waals surface area contributed by atoms with E-state index < -0.39 is 11.5 Å². The molecular formula is C25H31N4O4+. The van der Waals surface area contributed by atoms with E-state index in [0.717, 1.165) is 4.73 Å². The second-order valence-corrected chi connectivity index (χ2v) is 8.62. The van der Waals surface area contributed by atoms with E-state index in [1.54, 1.807) is 30.5 Å². The predicted octanol–water partition coefficient (Wildman–Crippen LogP) is 2.90. The average molecular weight is 452 g/mol. The van der Waals surface area contributed by atoms with Gasteiger partial charge in [0.05, 0.1) is 18.8 Å². The second kappa shape index (κ2) is 9.92. The Morgan fingerprint density at radius 2 is 2.09 bits per heavy atom. The molecule has 1 heterocycles. The van der Waals surface area contributed by atoms with E-state index >= 15 is 0 Å². The van der Waals surface area contributed by atoms with Gasteiger partial charge >= 0.3 is 11.6 Å². The normalized spacial score (nSPS) is 20.5. The van der Waals surface area contributed by atoms with E-state index in [0.29, 0.717) is 54.1 Å². The molecule has 0 atom stereocenters. The van der Waals surface area contributed by atoms with E-state index in [1.165, 1.54) is 13.2 Å². The third-order valence-corrected chi connectivity index (χ3v) is 5.95. The Hall–Kier alpha value is -3.57. The summed E-state index contributed by atoms with van der Waals surface area (Å²) in [7, 11) is 1.48. The van der Waals surface area contributed by atoms with Crippen LogP contribution in [-0.4, -0.2) is 41.2 Å². The van der Waals surface area contributed by atoms with Crippen LogP contribution in [0.25, 0.3) is 0 Å². The molecule has 0 aliphatic heterocycles. The van der Waals surface area contributed by atoms with Crippen LogP contribution in [0.2, 0.25) is 0 Å². The van der Waals surface area contributed by atoms with Crippen LogP contribution in [0.3, 0.4) is 0 Å². The van der Waals surface area contributed by atoms with Crippen molar-refractivity contribution in [3.63, 3.8) is 0 Å². The Balaban J connectivity index is 1.82. The molecule has 8 nitrogen and oxygen atoms in total. The number of ether oxygens (including phenoxy) is 1. The molecule has 1 aliphatic carbocycles. The maximum Gasteiger partial charge on any atom is 0.325 e. The lowest BCUT2D eigenvalue weighted by Gasteiger charge is -2.30. The van der Waals surface area contributed by atoms with E-state index in [4.69, 9.17) is 16.9 Å². The van der Waals surface area contributed by atoms with Gasteiger partial charge in [-0.3, -0.25) is 15.0 Å². The molecule has 1 aromatic carbocycles. The van der Waals surface area contributed by atoms with Crippen molar-refractivity contribution in [1.82, 2.24) is 0 Å². The largest absolute Gasteiger partial charge is 0.494 e. The number of aromatic nitrogens is 1. The van der Waals surface area contributed by atoms with E-state index in [-0.39, 0.29) is 17.7 Å². The maximum absolute atomic E-state index is 12.9. The molecule has 5 N–H and O–H groups in total. The maximum atomic E-state index is 12.9. The number of hydrogen-bond donors (Lipinski definition) is 4. The molecule has 0 spiro atoms. The number of nitrogens with zero attached hydrogens (tertiary/aromatic N) is 2. The van der Waals surface area contributed by atoms with Crippen LogP contribution in [0.4, 0.5) is 11.4 Å². The highest BCUT2D eigenvalue weighted by Crippen LogP contribution is 2.31. The quantitative estimate of drug-likeness (QED) is 0.177. The molecule has 1 aliphatic rings. The van der Waals surface area contributed by atoms with Crippen molar-refractivity contribution in [3.8, 4) is 18.1 Å². The smallest absolute Gasteiger partial charge is 0.325 e. The molecule has 1 fully saturated rings. The Morgan fingerprint density at radius 3 is 2.70 bits per heavy atom. The number of nitrogens with one attached hydrogen (secondary N) is 1. The zero-order chi connectivity index (χ0) is 24.2. The van der Waals surface area contributed by atoms with Gasteiger partial charge in [0.1, 0.15) is 11.4 Å². The van der Waals surface area contributed by atoms with Gasteiger partial charge in [-0.05, 0) is 37.8 Å². The minimum Gasteiger partial charge on any atom is -0.494 e. The van der Waals surface area contributed by atoms with Crippen molar-refractivity contribution in [1.29, 1.82) is 0 Å². The van der Waals surface area contributed by atoms with Crippen molar-refractivity contribution in [2.75, 3.05) is 18.2 Å². The monoisotopic (exact) mass is 451 g/mol. The summed E-state index contributed by atoms with van der Waals surface area (Å²) in [5, 5.41) is 23.4. The lowest BCUT2D eigenvalue weighted by atomic mass is 9.83. The molecule has 8 heteroatoms. The molecule has 0 unspecified atom stereocenters. The van der Waals surface area contributed by atoms with Gasteiger partial charge in [-0.2, -0.15) is 0 Å². The van der Waals surface area contributed by atoms with Crippen molar-refractivity contribution in [2.24, 2.45) is 4.99 Å². The molecule has 1 saturated carbocycles. The van der Waals surface area contributed by atoms with Crippen molar-refractivity contribution >= 4 is 23.5 Å². The summed E-state index contributed by atoms with van der Waals surface area (Å²) in [6.07, 6.45) is 9.44. The summed E-state index contributed by atoms with van der Waals surface area (Å²) in [6, 6.07) is 8.35. The molecule has 33 heavy (non-hydrogen) atoms. The van der Waals surface area contributed by atoms with Crippen molar-refractivity contribution < 1.29 is 24.6 Å². The fourth-order valence-electron chi connectivity index (χ4n) is 3.86. The molecule has 0 radical (unpaired) electrons. The Labute approximate surface area is 194 Å². The molecule has 2 aromatic rings. The van der Waals surface area contributed by atoms with Gasteiger partial charge in [-0.1, -0.05) is 19.8 Å². The highest BCUT2D eigenvalue weighted by atomic mass is 16.5. The Morgan fingerprint density at radius 1 is 1.39 bits per heavy atom. The van der Waals surface area contributed by atoms with Gasteiger partial charge < -0.3 is 20.9 Å². The number of terminal acetylenes is 1. The van der Waals surface area contributed by atoms with Gasteiger partial charge in [-0.25, -0.2) is 0 Å². The highest BCUT2D eigenvalue weighted by molar-refractivity contribution is 6.04. The van der Waals surface area contributed by atoms with Crippen molar-refractivity contribution in [2.45, 2.75) is 57.1 Å². The molecular weight excluding hydrogens is 420 g/mol. The number of benzene rings is 1. The van der Waals surface area contributed by atoms with E-state index in [2.05, 4.69) is 16.2 Å². The van der Waals surface area contributed by atoms with Gasteiger partial charge in [0.2, 0.25) is 5.69 Å². The van der Waals surface area contributed by atoms with Crippen molar-refractivity contribution in [3.05, 3.63) is 47.3 Å². The lowest BCUT2D eigenvalue weighted by molar-refractivity contribution is -0.911. The zero-order valence-corrected chi connectivity index (χ0v) is 19.2. The van der Waals surface area contributed by atoms with Gasteiger partial charge in [-0.15, -0.1) is 6.42 Å². The summed E-state index contributed by atoms with van der Waals surface area (Å²) in [6.45, 7) is 3.86. The number of aliphatic hydroxyl groups is 1. The first-order chi connectivity index (χ1) is 15.7. The predicted molar refractivity (Wildman–Crippen MR) is 127 cm³/mol. The number of amides is 1. The van der Waals surface area contributed by atoms with Crippen LogP contribution in [0.1, 0.15) is 67.2 Å². The average Bonchev–Trinajstić information content (AvgIpc) is 2.80.